The van der Waals surface area contributed by atoms with E-state index in [4.69, 9.17) is 5.73 Å². The molecule has 6 nitrogen and oxygen atoms in total. The van der Waals surface area contributed by atoms with E-state index in [-0.39, 0.29) is 31.0 Å². The second-order valence-corrected chi connectivity index (χ2v) is 6.22. The number of aromatic nitrogens is 2. The Bertz CT molecular complexity index is 758. The average Bonchev–Trinajstić information content (AvgIpc) is 2.90. The number of primary amides is 1. The fraction of sp³-hybridized carbons (Fsp3) is 0.471. The van der Waals surface area contributed by atoms with Gasteiger partial charge in [-0.1, -0.05) is 32.0 Å². The summed E-state index contributed by atoms with van der Waals surface area (Å²) in [5.74, 6) is -1.30. The van der Waals surface area contributed by atoms with Gasteiger partial charge >= 0.3 is 0 Å². The Balaban J connectivity index is 2.28. The normalized spacial score (nSPS) is 12.7. The summed E-state index contributed by atoms with van der Waals surface area (Å²) in [7, 11) is 0. The van der Waals surface area contributed by atoms with Crippen molar-refractivity contribution in [2.45, 2.75) is 45.7 Å². The molecule has 2 rings (SSSR count). The monoisotopic (exact) mass is 352 g/mol. The quantitative estimate of drug-likeness (QED) is 0.764. The molecule has 0 aliphatic rings. The van der Waals surface area contributed by atoms with Crippen molar-refractivity contribution in [3.63, 3.8) is 0 Å². The van der Waals surface area contributed by atoms with Crippen molar-refractivity contribution >= 4 is 22.7 Å². The van der Waals surface area contributed by atoms with Gasteiger partial charge in [-0.3, -0.25) is 14.3 Å². The molecule has 0 aliphatic heterocycles. The van der Waals surface area contributed by atoms with E-state index in [1.807, 2.05) is 0 Å². The summed E-state index contributed by atoms with van der Waals surface area (Å²) in [6.45, 7) is 3.83. The van der Waals surface area contributed by atoms with Crippen LogP contribution in [0.3, 0.4) is 0 Å². The molecule has 0 saturated carbocycles. The number of para-hydroxylation sites is 1. The Labute approximate surface area is 144 Å². The predicted octanol–water partition coefficient (Wildman–Crippen LogP) is 2.32. The summed E-state index contributed by atoms with van der Waals surface area (Å²) >= 11 is 0. The summed E-state index contributed by atoms with van der Waals surface area (Å²) in [5, 5.41) is 7.47. The molecule has 1 atom stereocenters. The molecular weight excluding hydrogens is 330 g/mol. The molecule has 2 aromatic rings. The van der Waals surface area contributed by atoms with Crippen LogP contribution < -0.4 is 11.1 Å². The largest absolute Gasteiger partial charge is 0.368 e. The van der Waals surface area contributed by atoms with E-state index in [9.17, 15) is 18.4 Å². The first-order valence-electron chi connectivity index (χ1n) is 8.15. The predicted molar refractivity (Wildman–Crippen MR) is 90.3 cm³/mol. The maximum Gasteiger partial charge on any atom is 0.273 e. The second kappa shape index (κ2) is 8.04. The van der Waals surface area contributed by atoms with Gasteiger partial charge < -0.3 is 11.1 Å². The molecule has 0 spiro atoms. The van der Waals surface area contributed by atoms with E-state index in [1.165, 1.54) is 0 Å². The molecular formula is C17H22F2N4O2. The first-order valence-corrected chi connectivity index (χ1v) is 8.15. The number of carbonyl (C=O) groups is 2. The average molecular weight is 352 g/mol. The van der Waals surface area contributed by atoms with Crippen LogP contribution in [-0.4, -0.2) is 34.1 Å². The van der Waals surface area contributed by atoms with Gasteiger partial charge in [-0.2, -0.15) is 5.10 Å². The number of aryl methyl sites for hydroxylation is 1. The zero-order chi connectivity index (χ0) is 18.6. The van der Waals surface area contributed by atoms with Gasteiger partial charge in [0.05, 0.1) is 5.52 Å². The van der Waals surface area contributed by atoms with Crippen molar-refractivity contribution < 1.29 is 18.4 Å². The van der Waals surface area contributed by atoms with Crippen molar-refractivity contribution in [2.75, 3.05) is 0 Å². The maximum absolute atomic E-state index is 12.6. The zero-order valence-corrected chi connectivity index (χ0v) is 14.2. The SMILES string of the molecule is CC(C)C(NC(=O)c1nn(CCCC(F)F)c2ccccc12)C(N)=O. The van der Waals surface area contributed by atoms with E-state index >= 15 is 0 Å². The fourth-order valence-electron chi connectivity index (χ4n) is 2.64. The van der Waals surface area contributed by atoms with Gasteiger partial charge in [0, 0.05) is 18.4 Å². The van der Waals surface area contributed by atoms with Gasteiger partial charge in [0.15, 0.2) is 5.69 Å². The number of nitrogens with two attached hydrogens (primary N) is 1. The Hall–Kier alpha value is -2.51. The van der Waals surface area contributed by atoms with E-state index < -0.39 is 24.3 Å². The van der Waals surface area contributed by atoms with Gasteiger partial charge in [0.1, 0.15) is 6.04 Å². The molecule has 1 aromatic heterocycles. The number of nitrogens with zero attached hydrogens (tertiary/aromatic N) is 2. The van der Waals surface area contributed by atoms with Crippen LogP contribution in [0.2, 0.25) is 0 Å². The molecule has 25 heavy (non-hydrogen) atoms. The van der Waals surface area contributed by atoms with E-state index in [2.05, 4.69) is 10.4 Å². The highest BCUT2D eigenvalue weighted by molar-refractivity contribution is 6.06. The molecule has 8 heteroatoms. The summed E-state index contributed by atoms with van der Waals surface area (Å²) in [6, 6.07) is 6.24. The van der Waals surface area contributed by atoms with Crippen LogP contribution in [-0.2, 0) is 11.3 Å². The van der Waals surface area contributed by atoms with Crippen LogP contribution in [0.5, 0.6) is 0 Å². The smallest absolute Gasteiger partial charge is 0.273 e. The minimum atomic E-state index is -2.37. The van der Waals surface area contributed by atoms with E-state index in [0.29, 0.717) is 10.9 Å². The van der Waals surface area contributed by atoms with Crippen molar-refractivity contribution in [1.82, 2.24) is 15.1 Å². The summed E-state index contributed by atoms with van der Waals surface area (Å²) in [4.78, 5) is 24.1. The molecule has 0 fully saturated rings. The van der Waals surface area contributed by atoms with Gasteiger partial charge in [-0.25, -0.2) is 8.78 Å². The van der Waals surface area contributed by atoms with Crippen molar-refractivity contribution in [1.29, 1.82) is 0 Å². The molecule has 2 amide bonds. The first kappa shape index (κ1) is 18.8. The number of carbonyl (C=O) groups excluding carboxylic acids is 2. The van der Waals surface area contributed by atoms with Gasteiger partial charge in [-0.15, -0.1) is 0 Å². The number of fused-ring (bicyclic) bond motifs is 1. The van der Waals surface area contributed by atoms with Crippen LogP contribution in [0.25, 0.3) is 10.9 Å². The lowest BCUT2D eigenvalue weighted by Crippen LogP contribution is -2.47. The number of alkyl halides is 2. The van der Waals surface area contributed by atoms with Crippen LogP contribution in [0.15, 0.2) is 24.3 Å². The molecule has 0 aliphatic carbocycles. The lowest BCUT2D eigenvalue weighted by molar-refractivity contribution is -0.120. The minimum Gasteiger partial charge on any atom is -0.368 e. The van der Waals surface area contributed by atoms with E-state index in [1.54, 1.807) is 42.8 Å². The van der Waals surface area contributed by atoms with Crippen molar-refractivity contribution in [3.05, 3.63) is 30.0 Å². The standard InChI is InChI=1S/C17H22F2N4O2/c1-10(2)14(16(20)24)21-17(25)15-11-6-3-4-7-12(11)23(22-15)9-5-8-13(18)19/h3-4,6-7,10,13-14H,5,8-9H2,1-2H3,(H2,20,24)(H,21,25). The number of halogens is 2. The summed E-state index contributed by atoms with van der Waals surface area (Å²) in [6.07, 6.45) is -2.35. The number of benzene rings is 1. The minimum absolute atomic E-state index is 0.152. The van der Waals surface area contributed by atoms with Crippen molar-refractivity contribution in [3.8, 4) is 0 Å². The molecule has 136 valence electrons. The number of rotatable bonds is 8. The van der Waals surface area contributed by atoms with Gasteiger partial charge in [0.2, 0.25) is 12.3 Å². The molecule has 1 unspecified atom stereocenters. The number of amides is 2. The van der Waals surface area contributed by atoms with Crippen LogP contribution in [0, 0.1) is 5.92 Å². The van der Waals surface area contributed by atoms with Crippen LogP contribution in [0.4, 0.5) is 8.78 Å². The van der Waals surface area contributed by atoms with Crippen LogP contribution >= 0.6 is 0 Å². The maximum atomic E-state index is 12.6. The third kappa shape index (κ3) is 4.52. The lowest BCUT2D eigenvalue weighted by atomic mass is 10.0. The van der Waals surface area contributed by atoms with Crippen molar-refractivity contribution in [2.24, 2.45) is 11.7 Å². The summed E-state index contributed by atoms with van der Waals surface area (Å²) < 4.78 is 26.2. The van der Waals surface area contributed by atoms with Gasteiger partial charge in [-0.05, 0) is 18.4 Å². The third-order valence-electron chi connectivity index (χ3n) is 3.93. The first-order chi connectivity index (χ1) is 11.8. The van der Waals surface area contributed by atoms with Gasteiger partial charge in [0.25, 0.3) is 5.91 Å². The fourth-order valence-corrected chi connectivity index (χ4v) is 2.64. The lowest BCUT2D eigenvalue weighted by Gasteiger charge is -2.18. The Morgan fingerprint density at radius 2 is 1.96 bits per heavy atom. The zero-order valence-electron chi connectivity index (χ0n) is 14.2. The molecule has 0 bridgehead atoms. The highest BCUT2D eigenvalue weighted by Gasteiger charge is 2.25. The number of hydrogen-bond donors (Lipinski definition) is 2. The second-order valence-electron chi connectivity index (χ2n) is 6.22. The van der Waals surface area contributed by atoms with Crippen LogP contribution in [0.1, 0.15) is 37.2 Å². The molecule has 0 radical (unpaired) electrons. The highest BCUT2D eigenvalue weighted by Crippen LogP contribution is 2.20. The number of nitrogens with one attached hydrogen (secondary N) is 1. The Kier molecular flexibility index (Phi) is 6.06. The molecule has 1 aromatic carbocycles. The molecule has 0 saturated heterocycles. The third-order valence-corrected chi connectivity index (χ3v) is 3.93. The molecule has 1 heterocycles. The summed E-state index contributed by atoms with van der Waals surface area (Å²) in [5.41, 5.74) is 6.16. The highest BCUT2D eigenvalue weighted by atomic mass is 19.3. The van der Waals surface area contributed by atoms with E-state index in [0.717, 1.165) is 0 Å². The Morgan fingerprint density at radius 1 is 1.28 bits per heavy atom. The molecule has 3 N–H and O–H groups in total. The topological polar surface area (TPSA) is 90.0 Å². The number of hydrogen-bond acceptors (Lipinski definition) is 3. The Morgan fingerprint density at radius 3 is 2.56 bits per heavy atom.